The molecule has 1 aromatic rings. The van der Waals surface area contributed by atoms with Gasteiger partial charge in [-0.2, -0.15) is 0 Å². The SMILES string of the molecule is CCOCC(C)OC(CBr)c1ccc(Br)cc1. The van der Waals surface area contributed by atoms with Gasteiger partial charge in [0.25, 0.3) is 0 Å². The average Bonchev–Trinajstić information content (AvgIpc) is 2.34. The van der Waals surface area contributed by atoms with Gasteiger partial charge in [0.2, 0.25) is 0 Å². The molecular formula is C13H18Br2O2. The van der Waals surface area contributed by atoms with Gasteiger partial charge in [-0.05, 0) is 31.5 Å². The van der Waals surface area contributed by atoms with Gasteiger partial charge in [-0.15, -0.1) is 0 Å². The van der Waals surface area contributed by atoms with Crippen LogP contribution in [0.5, 0.6) is 0 Å². The highest BCUT2D eigenvalue weighted by Crippen LogP contribution is 2.23. The van der Waals surface area contributed by atoms with E-state index in [1.54, 1.807) is 0 Å². The number of hydrogen-bond donors (Lipinski definition) is 0. The first-order valence-corrected chi connectivity index (χ1v) is 7.63. The van der Waals surface area contributed by atoms with Crippen LogP contribution in [0.3, 0.4) is 0 Å². The topological polar surface area (TPSA) is 18.5 Å². The van der Waals surface area contributed by atoms with Crippen LogP contribution in [0.1, 0.15) is 25.5 Å². The van der Waals surface area contributed by atoms with Crippen molar-refractivity contribution in [2.24, 2.45) is 0 Å². The van der Waals surface area contributed by atoms with Crippen LogP contribution >= 0.6 is 31.9 Å². The van der Waals surface area contributed by atoms with E-state index in [1.807, 2.05) is 26.0 Å². The smallest absolute Gasteiger partial charge is 0.0926 e. The number of benzene rings is 1. The first-order chi connectivity index (χ1) is 8.17. The summed E-state index contributed by atoms with van der Waals surface area (Å²) >= 11 is 6.92. The van der Waals surface area contributed by atoms with Crippen LogP contribution < -0.4 is 0 Å². The molecule has 17 heavy (non-hydrogen) atoms. The maximum Gasteiger partial charge on any atom is 0.0926 e. The lowest BCUT2D eigenvalue weighted by molar-refractivity contribution is -0.0383. The molecule has 2 atom stereocenters. The summed E-state index contributed by atoms with van der Waals surface area (Å²) in [6, 6.07) is 8.20. The van der Waals surface area contributed by atoms with E-state index in [0.29, 0.717) is 6.61 Å². The Morgan fingerprint density at radius 1 is 1.24 bits per heavy atom. The summed E-state index contributed by atoms with van der Waals surface area (Å²) in [4.78, 5) is 0. The highest BCUT2D eigenvalue weighted by molar-refractivity contribution is 9.10. The van der Waals surface area contributed by atoms with Crippen LogP contribution in [0.25, 0.3) is 0 Å². The predicted octanol–water partition coefficient (Wildman–Crippen LogP) is 4.33. The molecule has 1 aromatic carbocycles. The number of halogens is 2. The number of hydrogen-bond acceptors (Lipinski definition) is 2. The van der Waals surface area contributed by atoms with Crippen LogP contribution in [0.4, 0.5) is 0 Å². The highest BCUT2D eigenvalue weighted by atomic mass is 79.9. The Bertz CT molecular complexity index is 314. The van der Waals surface area contributed by atoms with Gasteiger partial charge >= 0.3 is 0 Å². The molecule has 0 aliphatic carbocycles. The Kier molecular flexibility index (Phi) is 7.35. The zero-order valence-corrected chi connectivity index (χ0v) is 13.3. The molecule has 4 heteroatoms. The van der Waals surface area contributed by atoms with E-state index in [2.05, 4.69) is 44.0 Å². The third kappa shape index (κ3) is 5.51. The van der Waals surface area contributed by atoms with Crippen LogP contribution in [-0.4, -0.2) is 24.6 Å². The monoisotopic (exact) mass is 364 g/mol. The minimum atomic E-state index is 0.0681. The molecule has 0 aliphatic heterocycles. The van der Waals surface area contributed by atoms with Gasteiger partial charge in [-0.25, -0.2) is 0 Å². The Morgan fingerprint density at radius 3 is 2.41 bits per heavy atom. The lowest BCUT2D eigenvalue weighted by atomic mass is 10.1. The van der Waals surface area contributed by atoms with E-state index in [0.717, 1.165) is 16.4 Å². The quantitative estimate of drug-likeness (QED) is 0.669. The van der Waals surface area contributed by atoms with E-state index >= 15 is 0 Å². The van der Waals surface area contributed by atoms with Gasteiger partial charge < -0.3 is 9.47 Å². The maximum absolute atomic E-state index is 5.94. The second-order valence-corrected chi connectivity index (χ2v) is 5.36. The molecule has 0 N–H and O–H groups in total. The van der Waals surface area contributed by atoms with Crippen molar-refractivity contribution in [3.8, 4) is 0 Å². The zero-order valence-electron chi connectivity index (χ0n) is 10.2. The van der Waals surface area contributed by atoms with Crippen molar-refractivity contribution in [3.05, 3.63) is 34.3 Å². The van der Waals surface area contributed by atoms with E-state index in [1.165, 1.54) is 5.56 Å². The van der Waals surface area contributed by atoms with Crippen molar-refractivity contribution < 1.29 is 9.47 Å². The van der Waals surface area contributed by atoms with Crippen molar-refractivity contribution in [1.29, 1.82) is 0 Å². The molecule has 0 aromatic heterocycles. The minimum absolute atomic E-state index is 0.0681. The van der Waals surface area contributed by atoms with Crippen LogP contribution in [0.15, 0.2) is 28.7 Å². The van der Waals surface area contributed by atoms with Crippen molar-refractivity contribution >= 4 is 31.9 Å². The molecule has 0 bridgehead atoms. The van der Waals surface area contributed by atoms with Crippen molar-refractivity contribution in [1.82, 2.24) is 0 Å². The van der Waals surface area contributed by atoms with Crippen LogP contribution in [0, 0.1) is 0 Å². The molecule has 2 nitrogen and oxygen atoms in total. The van der Waals surface area contributed by atoms with Gasteiger partial charge in [0.05, 0.1) is 18.8 Å². The minimum Gasteiger partial charge on any atom is -0.379 e. The van der Waals surface area contributed by atoms with Crippen LogP contribution in [0.2, 0.25) is 0 Å². The Morgan fingerprint density at radius 2 is 1.88 bits per heavy atom. The third-order valence-corrected chi connectivity index (χ3v) is 3.45. The molecular weight excluding hydrogens is 348 g/mol. The summed E-state index contributed by atoms with van der Waals surface area (Å²) in [6.45, 7) is 5.38. The molecule has 0 saturated heterocycles. The molecule has 0 radical (unpaired) electrons. The predicted molar refractivity (Wildman–Crippen MR) is 77.7 cm³/mol. The normalized spacial score (nSPS) is 14.6. The highest BCUT2D eigenvalue weighted by Gasteiger charge is 2.14. The molecule has 0 spiro atoms. The second kappa shape index (κ2) is 8.25. The van der Waals surface area contributed by atoms with Gasteiger partial charge in [-0.1, -0.05) is 44.0 Å². The summed E-state index contributed by atoms with van der Waals surface area (Å²) in [7, 11) is 0. The van der Waals surface area contributed by atoms with Gasteiger partial charge in [0.15, 0.2) is 0 Å². The van der Waals surface area contributed by atoms with E-state index in [4.69, 9.17) is 9.47 Å². The van der Waals surface area contributed by atoms with E-state index < -0.39 is 0 Å². The number of rotatable bonds is 7. The second-order valence-electron chi connectivity index (χ2n) is 3.80. The van der Waals surface area contributed by atoms with Gasteiger partial charge in [0, 0.05) is 16.4 Å². The van der Waals surface area contributed by atoms with Crippen molar-refractivity contribution in [3.63, 3.8) is 0 Å². The lowest BCUT2D eigenvalue weighted by Gasteiger charge is -2.21. The standard InChI is InChI=1S/C13H18Br2O2/c1-3-16-9-10(2)17-13(8-14)11-4-6-12(15)7-5-11/h4-7,10,13H,3,8-9H2,1-2H3. The third-order valence-electron chi connectivity index (χ3n) is 2.34. The Hall–Kier alpha value is 0.1000. The Labute approximate surface area is 120 Å². The summed E-state index contributed by atoms with van der Waals surface area (Å²) < 4.78 is 12.4. The summed E-state index contributed by atoms with van der Waals surface area (Å²) in [6.07, 6.45) is 0.166. The fourth-order valence-electron chi connectivity index (χ4n) is 1.48. The molecule has 0 saturated carbocycles. The number of ether oxygens (including phenoxy) is 2. The molecule has 1 rings (SSSR count). The zero-order chi connectivity index (χ0) is 12.7. The summed E-state index contributed by atoms with van der Waals surface area (Å²) in [5, 5.41) is 0.783. The maximum atomic E-state index is 5.94. The lowest BCUT2D eigenvalue weighted by Crippen LogP contribution is -2.20. The summed E-state index contributed by atoms with van der Waals surface area (Å²) in [5.41, 5.74) is 1.17. The van der Waals surface area contributed by atoms with Crippen molar-refractivity contribution in [2.45, 2.75) is 26.1 Å². The van der Waals surface area contributed by atoms with Gasteiger partial charge in [0.1, 0.15) is 0 Å². The number of alkyl halides is 1. The van der Waals surface area contributed by atoms with Crippen molar-refractivity contribution in [2.75, 3.05) is 18.5 Å². The fourth-order valence-corrected chi connectivity index (χ4v) is 2.28. The van der Waals surface area contributed by atoms with Gasteiger partial charge in [-0.3, -0.25) is 0 Å². The molecule has 0 aliphatic rings. The molecule has 2 unspecified atom stereocenters. The fraction of sp³-hybridized carbons (Fsp3) is 0.538. The molecule has 0 amide bonds. The van der Waals surface area contributed by atoms with Crippen LogP contribution in [-0.2, 0) is 9.47 Å². The first kappa shape index (κ1) is 15.2. The first-order valence-electron chi connectivity index (χ1n) is 5.72. The summed E-state index contributed by atoms with van der Waals surface area (Å²) in [5.74, 6) is 0. The Balaban J connectivity index is 2.56. The van der Waals surface area contributed by atoms with E-state index in [-0.39, 0.29) is 12.2 Å². The molecule has 0 fully saturated rings. The average molecular weight is 366 g/mol. The molecule has 96 valence electrons. The largest absolute Gasteiger partial charge is 0.379 e. The van der Waals surface area contributed by atoms with E-state index in [9.17, 15) is 0 Å². The molecule has 0 heterocycles.